The van der Waals surface area contributed by atoms with Crippen molar-refractivity contribution in [2.45, 2.75) is 38.3 Å². The molecule has 0 spiro atoms. The van der Waals surface area contributed by atoms with Crippen molar-refractivity contribution in [1.29, 1.82) is 0 Å². The Balaban J connectivity index is 1.17. The number of aliphatic hydroxyl groups is 1. The number of nitrogens with zero attached hydrogens (tertiary/aromatic N) is 1. The Morgan fingerprint density at radius 3 is 2.66 bits per heavy atom. The number of H-pyrrole nitrogens is 1. The summed E-state index contributed by atoms with van der Waals surface area (Å²) in [6, 6.07) is 21.7. The Bertz CT molecular complexity index is 1360. The van der Waals surface area contributed by atoms with Gasteiger partial charge in [0.05, 0.1) is 17.3 Å². The Labute approximate surface area is 209 Å². The fraction of sp³-hybridized carbons (Fsp3) is 0.310. The maximum Gasteiger partial charge on any atom is 0.266 e. The molecular formula is C29H30N2O3S. The number of fused-ring (bicyclic) bond motifs is 1. The molecule has 5 rings (SSSR count). The number of rotatable bonds is 7. The molecule has 2 aromatic heterocycles. The zero-order chi connectivity index (χ0) is 24.4. The molecule has 0 bridgehead atoms. The zero-order valence-corrected chi connectivity index (χ0v) is 20.6. The molecule has 0 aliphatic heterocycles. The first-order valence-electron chi connectivity index (χ1n) is 12.1. The molecular weight excluding hydrogens is 456 g/mol. The molecule has 2 N–H and O–H groups in total. The van der Waals surface area contributed by atoms with Crippen LogP contribution in [0, 0.1) is 11.8 Å². The van der Waals surface area contributed by atoms with Crippen LogP contribution >= 0.6 is 11.3 Å². The minimum absolute atomic E-state index is 0.0743. The van der Waals surface area contributed by atoms with Crippen molar-refractivity contribution in [3.8, 4) is 0 Å². The number of thiophene rings is 1. The number of hydrogen-bond acceptors (Lipinski definition) is 4. The maximum absolute atomic E-state index is 13.0. The molecule has 2 heterocycles. The normalized spacial score (nSPS) is 18.6. The van der Waals surface area contributed by atoms with Crippen LogP contribution in [0.25, 0.3) is 10.1 Å². The van der Waals surface area contributed by atoms with Gasteiger partial charge in [0.1, 0.15) is 0 Å². The van der Waals surface area contributed by atoms with Crippen LogP contribution in [-0.2, 0) is 13.0 Å². The summed E-state index contributed by atoms with van der Waals surface area (Å²) in [6.07, 6.45) is 3.75. The molecule has 5 nitrogen and oxygen atoms in total. The van der Waals surface area contributed by atoms with Crippen LogP contribution in [0.4, 0.5) is 0 Å². The quantitative estimate of drug-likeness (QED) is 0.359. The molecule has 0 radical (unpaired) electrons. The van der Waals surface area contributed by atoms with Crippen molar-refractivity contribution < 1.29 is 9.90 Å². The highest BCUT2D eigenvalue weighted by Gasteiger charge is 2.30. The van der Waals surface area contributed by atoms with Crippen molar-refractivity contribution in [3.05, 3.63) is 105 Å². The van der Waals surface area contributed by atoms with Crippen LogP contribution in [0.2, 0.25) is 0 Å². The number of benzene rings is 2. The first-order chi connectivity index (χ1) is 17.0. The fourth-order valence-electron chi connectivity index (χ4n) is 5.30. The number of aromatic nitrogens is 1. The summed E-state index contributed by atoms with van der Waals surface area (Å²) in [5.41, 5.74) is 3.48. The molecule has 1 saturated carbocycles. The van der Waals surface area contributed by atoms with Crippen LogP contribution in [0.15, 0.2) is 76.9 Å². The number of aliphatic hydroxyl groups excluding tert-OH is 1. The lowest BCUT2D eigenvalue weighted by molar-refractivity contribution is 0.0783. The molecule has 180 valence electrons. The topological polar surface area (TPSA) is 73.4 Å². The van der Waals surface area contributed by atoms with E-state index in [0.717, 1.165) is 42.3 Å². The Kier molecular flexibility index (Phi) is 6.84. The molecule has 0 unspecified atom stereocenters. The van der Waals surface area contributed by atoms with Crippen LogP contribution in [0.3, 0.4) is 0 Å². The van der Waals surface area contributed by atoms with Gasteiger partial charge in [-0.3, -0.25) is 9.59 Å². The standard InChI is InChI=1S/C29H30N2O3S/c1-31(18-25-17-24-13-14-35-27(24)28(33)30-25)29(34)22-10-7-19(8-11-22)15-20-9-12-23(16-20)26(32)21-5-3-2-4-6-21/h2-8,10-11,13-14,17,20,23,26,32H,9,12,15-16,18H2,1H3,(H,30,33)/t20-,23-,26+/m0/s1. The molecule has 35 heavy (non-hydrogen) atoms. The van der Waals surface area contributed by atoms with Crippen molar-refractivity contribution in [2.24, 2.45) is 11.8 Å². The maximum atomic E-state index is 13.0. The molecule has 1 aliphatic carbocycles. The number of carbonyl (C=O) groups excluding carboxylic acids is 1. The van der Waals surface area contributed by atoms with Crippen molar-refractivity contribution in [3.63, 3.8) is 0 Å². The van der Waals surface area contributed by atoms with E-state index in [-0.39, 0.29) is 11.5 Å². The third kappa shape index (κ3) is 5.24. The second kappa shape index (κ2) is 10.2. The van der Waals surface area contributed by atoms with Gasteiger partial charge in [-0.05, 0) is 83.7 Å². The van der Waals surface area contributed by atoms with Crippen molar-refractivity contribution in [2.75, 3.05) is 7.05 Å². The van der Waals surface area contributed by atoms with E-state index in [1.54, 1.807) is 11.9 Å². The highest BCUT2D eigenvalue weighted by molar-refractivity contribution is 7.17. The summed E-state index contributed by atoms with van der Waals surface area (Å²) in [7, 11) is 1.75. The Hall–Kier alpha value is -3.22. The summed E-state index contributed by atoms with van der Waals surface area (Å²) in [6.45, 7) is 0.342. The third-order valence-corrected chi connectivity index (χ3v) is 8.08. The Morgan fingerprint density at radius 1 is 1.11 bits per heavy atom. The van der Waals surface area contributed by atoms with Crippen LogP contribution in [0.1, 0.15) is 52.5 Å². The minimum Gasteiger partial charge on any atom is -0.388 e. The molecule has 1 amide bonds. The highest BCUT2D eigenvalue weighted by atomic mass is 32.1. The lowest BCUT2D eigenvalue weighted by atomic mass is 9.91. The monoisotopic (exact) mass is 486 g/mol. The molecule has 3 atom stereocenters. The van der Waals surface area contributed by atoms with Crippen molar-refractivity contribution in [1.82, 2.24) is 9.88 Å². The molecule has 0 saturated heterocycles. The number of hydrogen-bond donors (Lipinski definition) is 2. The van der Waals surface area contributed by atoms with Crippen LogP contribution in [-0.4, -0.2) is 27.9 Å². The lowest BCUT2D eigenvalue weighted by Crippen LogP contribution is -2.27. The smallest absolute Gasteiger partial charge is 0.266 e. The molecule has 4 aromatic rings. The van der Waals surface area contributed by atoms with E-state index in [2.05, 4.69) is 4.98 Å². The lowest BCUT2D eigenvalue weighted by Gasteiger charge is -2.19. The van der Waals surface area contributed by atoms with E-state index >= 15 is 0 Å². The first-order valence-corrected chi connectivity index (χ1v) is 13.0. The van der Waals surface area contributed by atoms with Crippen LogP contribution < -0.4 is 5.56 Å². The minimum atomic E-state index is -0.396. The largest absolute Gasteiger partial charge is 0.388 e. The summed E-state index contributed by atoms with van der Waals surface area (Å²) >= 11 is 1.42. The summed E-state index contributed by atoms with van der Waals surface area (Å²) in [5.74, 6) is 0.776. The summed E-state index contributed by atoms with van der Waals surface area (Å²) < 4.78 is 0.710. The second-order valence-electron chi connectivity index (χ2n) is 9.69. The molecule has 2 aromatic carbocycles. The van der Waals surface area contributed by atoms with Gasteiger partial charge in [-0.25, -0.2) is 0 Å². The number of nitrogens with one attached hydrogen (secondary N) is 1. The van der Waals surface area contributed by atoms with Gasteiger partial charge in [0, 0.05) is 18.3 Å². The van der Waals surface area contributed by atoms with Crippen LogP contribution in [0.5, 0.6) is 0 Å². The second-order valence-corrected chi connectivity index (χ2v) is 10.6. The van der Waals surface area contributed by atoms with E-state index in [1.807, 2.05) is 72.1 Å². The van der Waals surface area contributed by atoms with E-state index in [4.69, 9.17) is 0 Å². The number of amides is 1. The summed E-state index contributed by atoms with van der Waals surface area (Å²) in [5, 5.41) is 13.6. The summed E-state index contributed by atoms with van der Waals surface area (Å²) in [4.78, 5) is 29.7. The SMILES string of the molecule is CN(Cc1cc2ccsc2c(=O)[nH]1)C(=O)c1ccc(C[C@@H]2CC[C@H]([C@H](O)c3ccccc3)C2)cc1. The first kappa shape index (κ1) is 23.5. The van der Waals surface area contributed by atoms with E-state index < -0.39 is 6.10 Å². The highest BCUT2D eigenvalue weighted by Crippen LogP contribution is 2.40. The van der Waals surface area contributed by atoms with Gasteiger partial charge >= 0.3 is 0 Å². The van der Waals surface area contributed by atoms with Gasteiger partial charge in [-0.1, -0.05) is 42.5 Å². The van der Waals surface area contributed by atoms with Crippen molar-refractivity contribution >= 4 is 27.3 Å². The fourth-order valence-corrected chi connectivity index (χ4v) is 6.07. The predicted octanol–water partition coefficient (Wildman–Crippen LogP) is 5.55. The third-order valence-electron chi connectivity index (χ3n) is 7.15. The molecule has 1 fully saturated rings. The number of carbonyl (C=O) groups is 1. The van der Waals surface area contributed by atoms with Gasteiger partial charge in [-0.15, -0.1) is 11.3 Å². The molecule has 6 heteroatoms. The van der Waals surface area contributed by atoms with E-state index in [1.165, 1.54) is 16.9 Å². The van der Waals surface area contributed by atoms with Gasteiger partial charge in [0.15, 0.2) is 0 Å². The Morgan fingerprint density at radius 2 is 1.89 bits per heavy atom. The zero-order valence-electron chi connectivity index (χ0n) is 19.8. The van der Waals surface area contributed by atoms with Gasteiger partial charge < -0.3 is 15.0 Å². The molecule has 1 aliphatic rings. The van der Waals surface area contributed by atoms with Gasteiger partial charge in [0.2, 0.25) is 0 Å². The predicted molar refractivity (Wildman–Crippen MR) is 141 cm³/mol. The van der Waals surface area contributed by atoms with Gasteiger partial charge in [-0.2, -0.15) is 0 Å². The number of aromatic amines is 1. The average molecular weight is 487 g/mol. The average Bonchev–Trinajstić information content (AvgIpc) is 3.54. The van der Waals surface area contributed by atoms with E-state index in [0.29, 0.717) is 28.6 Å². The van der Waals surface area contributed by atoms with E-state index in [9.17, 15) is 14.7 Å². The van der Waals surface area contributed by atoms with Gasteiger partial charge in [0.25, 0.3) is 11.5 Å². The number of pyridine rings is 1.